The fraction of sp³-hybridized carbons (Fsp3) is 0.278. The topological polar surface area (TPSA) is 49.3 Å². The van der Waals surface area contributed by atoms with Crippen LogP contribution in [0.4, 0.5) is 5.69 Å². The van der Waals surface area contributed by atoms with Crippen LogP contribution in [0.2, 0.25) is 0 Å². The number of hydrogen-bond donors (Lipinski definition) is 2. The van der Waals surface area contributed by atoms with Crippen molar-refractivity contribution in [3.8, 4) is 5.75 Å². The minimum Gasteiger partial charge on any atom is -0.508 e. The molecule has 0 saturated heterocycles. The number of rotatable bonds is 1. The van der Waals surface area contributed by atoms with E-state index in [0.717, 1.165) is 36.1 Å². The van der Waals surface area contributed by atoms with Crippen LogP contribution in [-0.4, -0.2) is 11.0 Å². The Balaban J connectivity index is 1.90. The second-order valence-corrected chi connectivity index (χ2v) is 5.88. The zero-order chi connectivity index (χ0) is 14.4. The number of carbonyl (C=O) groups excluding carboxylic acids is 1. The van der Waals surface area contributed by atoms with Crippen molar-refractivity contribution >= 4 is 11.6 Å². The van der Waals surface area contributed by atoms with Crippen molar-refractivity contribution in [2.24, 2.45) is 0 Å². The summed E-state index contributed by atoms with van der Waals surface area (Å²) in [6.07, 6.45) is 3.68. The molecule has 2 aromatic rings. The molecule has 2 aliphatic rings. The molecule has 4 rings (SSSR count). The quantitative estimate of drug-likeness (QED) is 0.841. The number of anilines is 1. The Morgan fingerprint density at radius 3 is 2.76 bits per heavy atom. The highest BCUT2D eigenvalue weighted by Gasteiger charge is 2.31. The highest BCUT2D eigenvalue weighted by molar-refractivity contribution is 5.96. The lowest BCUT2D eigenvalue weighted by atomic mass is 9.82. The molecule has 3 heteroatoms. The van der Waals surface area contributed by atoms with Gasteiger partial charge in [-0.15, -0.1) is 0 Å². The van der Waals surface area contributed by atoms with Gasteiger partial charge >= 0.3 is 0 Å². The molecule has 0 spiro atoms. The van der Waals surface area contributed by atoms with Crippen LogP contribution in [-0.2, 0) is 17.6 Å². The molecule has 1 atom stereocenters. The molecule has 1 aliphatic carbocycles. The largest absolute Gasteiger partial charge is 0.508 e. The predicted molar refractivity (Wildman–Crippen MR) is 81.7 cm³/mol. The Bertz CT molecular complexity index is 736. The van der Waals surface area contributed by atoms with Crippen molar-refractivity contribution in [1.82, 2.24) is 0 Å². The van der Waals surface area contributed by atoms with E-state index in [9.17, 15) is 9.90 Å². The fourth-order valence-electron chi connectivity index (χ4n) is 3.67. The third-order valence-electron chi connectivity index (χ3n) is 4.66. The lowest BCUT2D eigenvalue weighted by Gasteiger charge is -2.28. The Kier molecular flexibility index (Phi) is 2.74. The number of benzene rings is 2. The van der Waals surface area contributed by atoms with Crippen molar-refractivity contribution < 1.29 is 9.90 Å². The summed E-state index contributed by atoms with van der Waals surface area (Å²) < 4.78 is 0. The molecule has 2 aromatic carbocycles. The van der Waals surface area contributed by atoms with Gasteiger partial charge in [-0.2, -0.15) is 0 Å². The van der Waals surface area contributed by atoms with Crippen molar-refractivity contribution in [2.45, 2.75) is 31.6 Å². The van der Waals surface area contributed by atoms with Gasteiger partial charge < -0.3 is 10.4 Å². The van der Waals surface area contributed by atoms with Crippen LogP contribution >= 0.6 is 0 Å². The van der Waals surface area contributed by atoms with E-state index in [0.29, 0.717) is 6.42 Å². The smallest absolute Gasteiger partial charge is 0.225 e. The van der Waals surface area contributed by atoms with Crippen LogP contribution in [0.3, 0.4) is 0 Å². The number of fused-ring (bicyclic) bond motifs is 3. The fourth-order valence-corrected chi connectivity index (χ4v) is 3.67. The summed E-state index contributed by atoms with van der Waals surface area (Å²) in [5.74, 6) is 0.251. The Hall–Kier alpha value is -2.29. The van der Waals surface area contributed by atoms with Crippen molar-refractivity contribution in [3.05, 3.63) is 58.7 Å². The summed E-state index contributed by atoms with van der Waals surface area (Å²) in [4.78, 5) is 12.1. The van der Waals surface area contributed by atoms with E-state index in [4.69, 9.17) is 0 Å². The lowest BCUT2D eigenvalue weighted by Crippen LogP contribution is -2.24. The summed E-state index contributed by atoms with van der Waals surface area (Å²) in [5.41, 5.74) is 5.62. The molecule has 0 radical (unpaired) electrons. The number of para-hydroxylation sites is 1. The molecule has 1 heterocycles. The number of phenols is 1. The first kappa shape index (κ1) is 12.5. The van der Waals surface area contributed by atoms with Gasteiger partial charge in [0.25, 0.3) is 0 Å². The molecule has 1 aliphatic heterocycles. The van der Waals surface area contributed by atoms with Crippen LogP contribution in [0.15, 0.2) is 36.4 Å². The van der Waals surface area contributed by atoms with Crippen LogP contribution in [0.1, 0.15) is 41.0 Å². The number of aryl methyl sites for hydroxylation is 1. The third-order valence-corrected chi connectivity index (χ3v) is 4.66. The minimum atomic E-state index is -0.0548. The number of hydrogen-bond acceptors (Lipinski definition) is 2. The van der Waals surface area contributed by atoms with E-state index in [1.54, 1.807) is 6.07 Å². The molecular formula is C18H17NO2. The maximum Gasteiger partial charge on any atom is 0.225 e. The number of nitrogens with one attached hydrogen (secondary N) is 1. The van der Waals surface area contributed by atoms with Gasteiger partial charge in [0.1, 0.15) is 5.75 Å². The van der Waals surface area contributed by atoms with E-state index in [2.05, 4.69) is 17.4 Å². The highest BCUT2D eigenvalue weighted by Crippen LogP contribution is 2.44. The zero-order valence-electron chi connectivity index (χ0n) is 11.7. The summed E-state index contributed by atoms with van der Waals surface area (Å²) in [6, 6.07) is 11.6. The molecule has 1 unspecified atom stereocenters. The molecule has 0 aromatic heterocycles. The lowest BCUT2D eigenvalue weighted by molar-refractivity contribution is -0.116. The van der Waals surface area contributed by atoms with Gasteiger partial charge in [0.05, 0.1) is 0 Å². The SMILES string of the molecule is O=C1CC(c2ccccc2O)c2ccc3c(c2N1)CCC3. The number of aromatic hydroxyl groups is 1. The van der Waals surface area contributed by atoms with Gasteiger partial charge in [0.15, 0.2) is 0 Å². The Labute approximate surface area is 123 Å². The zero-order valence-corrected chi connectivity index (χ0v) is 11.7. The Morgan fingerprint density at radius 2 is 1.90 bits per heavy atom. The van der Waals surface area contributed by atoms with Gasteiger partial charge in [-0.25, -0.2) is 0 Å². The van der Waals surface area contributed by atoms with E-state index in [-0.39, 0.29) is 17.6 Å². The first-order chi connectivity index (χ1) is 10.2. The Morgan fingerprint density at radius 1 is 1.05 bits per heavy atom. The van der Waals surface area contributed by atoms with Crippen LogP contribution in [0.5, 0.6) is 5.75 Å². The second kappa shape index (κ2) is 4.62. The number of carbonyl (C=O) groups is 1. The molecule has 1 amide bonds. The molecule has 2 N–H and O–H groups in total. The van der Waals surface area contributed by atoms with E-state index in [1.165, 1.54) is 11.1 Å². The van der Waals surface area contributed by atoms with Crippen LogP contribution < -0.4 is 5.32 Å². The molecule has 0 fully saturated rings. The summed E-state index contributed by atoms with van der Waals surface area (Å²) in [5, 5.41) is 13.2. The van der Waals surface area contributed by atoms with Crippen molar-refractivity contribution in [3.63, 3.8) is 0 Å². The predicted octanol–water partition coefficient (Wildman–Crippen LogP) is 3.36. The minimum absolute atomic E-state index is 0.0380. The first-order valence-electron chi connectivity index (χ1n) is 7.46. The van der Waals surface area contributed by atoms with Gasteiger partial charge in [-0.1, -0.05) is 30.3 Å². The van der Waals surface area contributed by atoms with E-state index >= 15 is 0 Å². The number of amides is 1. The van der Waals surface area contributed by atoms with E-state index in [1.807, 2.05) is 18.2 Å². The molecule has 106 valence electrons. The summed E-state index contributed by atoms with van der Waals surface area (Å²) >= 11 is 0. The maximum atomic E-state index is 12.1. The molecular weight excluding hydrogens is 262 g/mol. The van der Waals surface area contributed by atoms with Crippen LogP contribution in [0.25, 0.3) is 0 Å². The molecule has 0 saturated carbocycles. The van der Waals surface area contributed by atoms with Crippen LogP contribution in [0, 0.1) is 0 Å². The van der Waals surface area contributed by atoms with E-state index < -0.39 is 0 Å². The average Bonchev–Trinajstić information content (AvgIpc) is 2.96. The van der Waals surface area contributed by atoms with Gasteiger partial charge in [0, 0.05) is 23.6 Å². The molecule has 0 bridgehead atoms. The van der Waals surface area contributed by atoms with Crippen molar-refractivity contribution in [1.29, 1.82) is 0 Å². The summed E-state index contributed by atoms with van der Waals surface area (Å²) in [7, 11) is 0. The normalized spacial score (nSPS) is 19.8. The van der Waals surface area contributed by atoms with Gasteiger partial charge in [-0.05, 0) is 42.0 Å². The van der Waals surface area contributed by atoms with Crippen molar-refractivity contribution in [2.75, 3.05) is 5.32 Å². The average molecular weight is 279 g/mol. The van der Waals surface area contributed by atoms with Gasteiger partial charge in [-0.3, -0.25) is 4.79 Å². The third kappa shape index (κ3) is 1.92. The standard InChI is InChI=1S/C18H17NO2/c20-16-7-2-1-5-13(16)15-10-17(21)19-18-12-6-3-4-11(12)8-9-14(15)18/h1-2,5,7-9,15,20H,3-4,6,10H2,(H,19,21). The monoisotopic (exact) mass is 279 g/mol. The highest BCUT2D eigenvalue weighted by atomic mass is 16.3. The molecule has 21 heavy (non-hydrogen) atoms. The summed E-state index contributed by atoms with van der Waals surface area (Å²) in [6.45, 7) is 0. The first-order valence-corrected chi connectivity index (χ1v) is 7.46. The maximum absolute atomic E-state index is 12.1. The van der Waals surface area contributed by atoms with Gasteiger partial charge in [0.2, 0.25) is 5.91 Å². The molecule has 3 nitrogen and oxygen atoms in total. The second-order valence-electron chi connectivity index (χ2n) is 5.88. The number of phenolic OH excluding ortho intramolecular Hbond substituents is 1.